The number of H-pyrrole nitrogens is 1. The van der Waals surface area contributed by atoms with Gasteiger partial charge in [0.15, 0.2) is 5.82 Å². The molecule has 2 heterocycles. The Morgan fingerprint density at radius 2 is 2.08 bits per heavy atom. The van der Waals surface area contributed by atoms with Gasteiger partial charge in [0.2, 0.25) is 5.95 Å². The molecule has 2 aromatic rings. The van der Waals surface area contributed by atoms with Crippen LogP contribution >= 0.6 is 0 Å². The van der Waals surface area contributed by atoms with E-state index in [1.807, 2.05) is 19.9 Å². The number of nitrogens with zero attached hydrogens (tertiary/aromatic N) is 3. The van der Waals surface area contributed by atoms with Crippen LogP contribution < -0.4 is 16.0 Å². The summed E-state index contributed by atoms with van der Waals surface area (Å²) in [5, 5.41) is 16.3. The smallest absolute Gasteiger partial charge is 0.315 e. The summed E-state index contributed by atoms with van der Waals surface area (Å²) in [5.41, 5.74) is 1.07. The third kappa shape index (κ3) is 4.21. The van der Waals surface area contributed by atoms with Crippen LogP contribution in [-0.2, 0) is 0 Å². The number of anilines is 2. The third-order valence-corrected chi connectivity index (χ3v) is 4.03. The molecular formula is C16H23N7O. The minimum atomic E-state index is -0.0937. The first-order valence-electron chi connectivity index (χ1n) is 8.26. The summed E-state index contributed by atoms with van der Waals surface area (Å²) in [5.74, 6) is 1.59. The summed E-state index contributed by atoms with van der Waals surface area (Å²) < 4.78 is 0. The van der Waals surface area contributed by atoms with E-state index in [4.69, 9.17) is 0 Å². The maximum absolute atomic E-state index is 11.8. The zero-order chi connectivity index (χ0) is 16.9. The van der Waals surface area contributed by atoms with E-state index in [9.17, 15) is 4.79 Å². The van der Waals surface area contributed by atoms with E-state index in [1.165, 1.54) is 0 Å². The van der Waals surface area contributed by atoms with Crippen LogP contribution in [0.5, 0.6) is 0 Å². The van der Waals surface area contributed by atoms with Gasteiger partial charge in [-0.2, -0.15) is 5.10 Å². The van der Waals surface area contributed by atoms with E-state index in [1.54, 1.807) is 18.5 Å². The van der Waals surface area contributed by atoms with Gasteiger partial charge in [0, 0.05) is 42.2 Å². The van der Waals surface area contributed by atoms with Crippen molar-refractivity contribution >= 4 is 17.8 Å². The molecular weight excluding hydrogens is 306 g/mol. The fourth-order valence-corrected chi connectivity index (χ4v) is 2.97. The van der Waals surface area contributed by atoms with Crippen molar-refractivity contribution in [2.24, 2.45) is 0 Å². The number of aromatic nitrogens is 4. The van der Waals surface area contributed by atoms with Crippen LogP contribution in [0.25, 0.3) is 0 Å². The Morgan fingerprint density at radius 3 is 2.83 bits per heavy atom. The van der Waals surface area contributed by atoms with Gasteiger partial charge in [-0.3, -0.25) is 5.10 Å². The van der Waals surface area contributed by atoms with Gasteiger partial charge in [-0.1, -0.05) is 0 Å². The molecule has 24 heavy (non-hydrogen) atoms. The molecule has 2 amide bonds. The number of carbonyl (C=O) groups excluding carboxylic acids is 1. The summed E-state index contributed by atoms with van der Waals surface area (Å²) in [6, 6.07) is 4.00. The van der Waals surface area contributed by atoms with E-state index in [-0.39, 0.29) is 18.1 Å². The Kier molecular flexibility index (Phi) is 4.93. The highest BCUT2D eigenvalue weighted by molar-refractivity contribution is 5.74. The highest BCUT2D eigenvalue weighted by Gasteiger charge is 2.28. The SMILES string of the molecule is CC(C)NC(=O)N[C@@H]1CC[C@H](c2cc(Nc3ncccn3)n[nH]2)C1. The molecule has 0 unspecified atom stereocenters. The standard InChI is InChI=1S/C16H23N7O/c1-10(2)19-16(24)20-12-5-4-11(8-12)13-9-14(23-22-13)21-15-17-6-3-7-18-15/h3,6-7,9-12H,4-5,8H2,1-2H3,(H2,19,20,24)(H2,17,18,21,22,23)/t11-,12+/m0/s1. The topological polar surface area (TPSA) is 108 Å². The van der Waals surface area contributed by atoms with Crippen molar-refractivity contribution in [2.45, 2.75) is 51.1 Å². The minimum absolute atomic E-state index is 0.0937. The van der Waals surface area contributed by atoms with Gasteiger partial charge in [0.1, 0.15) is 0 Å². The second-order valence-electron chi connectivity index (χ2n) is 6.39. The van der Waals surface area contributed by atoms with Crippen LogP contribution in [0.3, 0.4) is 0 Å². The predicted molar refractivity (Wildman–Crippen MR) is 91.1 cm³/mol. The lowest BCUT2D eigenvalue weighted by atomic mass is 10.0. The van der Waals surface area contributed by atoms with Crippen molar-refractivity contribution in [1.29, 1.82) is 0 Å². The van der Waals surface area contributed by atoms with Crippen LogP contribution in [0.4, 0.5) is 16.6 Å². The second-order valence-corrected chi connectivity index (χ2v) is 6.39. The molecule has 0 spiro atoms. The number of nitrogens with one attached hydrogen (secondary N) is 4. The molecule has 8 nitrogen and oxygen atoms in total. The number of carbonyl (C=O) groups is 1. The first kappa shape index (κ1) is 16.2. The Balaban J connectivity index is 1.54. The predicted octanol–water partition coefficient (Wildman–Crippen LogP) is 2.29. The quantitative estimate of drug-likeness (QED) is 0.673. The maximum Gasteiger partial charge on any atom is 0.315 e. The van der Waals surface area contributed by atoms with Crippen LogP contribution in [-0.4, -0.2) is 38.3 Å². The number of urea groups is 1. The Hall–Kier alpha value is -2.64. The Bertz CT molecular complexity index is 670. The zero-order valence-electron chi connectivity index (χ0n) is 13.9. The van der Waals surface area contributed by atoms with Crippen molar-refractivity contribution in [3.8, 4) is 0 Å². The lowest BCUT2D eigenvalue weighted by Gasteiger charge is -2.15. The summed E-state index contributed by atoms with van der Waals surface area (Å²) in [6.45, 7) is 3.90. The normalized spacial score (nSPS) is 20.1. The Morgan fingerprint density at radius 1 is 1.29 bits per heavy atom. The van der Waals surface area contributed by atoms with E-state index >= 15 is 0 Å². The van der Waals surface area contributed by atoms with Gasteiger partial charge in [0.05, 0.1) is 0 Å². The molecule has 1 aliphatic carbocycles. The fourth-order valence-electron chi connectivity index (χ4n) is 2.97. The number of rotatable bonds is 5. The monoisotopic (exact) mass is 329 g/mol. The van der Waals surface area contributed by atoms with E-state index < -0.39 is 0 Å². The average Bonchev–Trinajstić information content (AvgIpc) is 3.17. The lowest BCUT2D eigenvalue weighted by molar-refractivity contribution is 0.234. The van der Waals surface area contributed by atoms with E-state index in [0.717, 1.165) is 25.0 Å². The van der Waals surface area contributed by atoms with E-state index in [0.29, 0.717) is 17.7 Å². The zero-order valence-corrected chi connectivity index (χ0v) is 13.9. The van der Waals surface area contributed by atoms with E-state index in [2.05, 4.69) is 36.1 Å². The van der Waals surface area contributed by atoms with Gasteiger partial charge in [0.25, 0.3) is 0 Å². The summed E-state index contributed by atoms with van der Waals surface area (Å²) >= 11 is 0. The minimum Gasteiger partial charge on any atom is -0.336 e. The second kappa shape index (κ2) is 7.29. The molecule has 1 saturated carbocycles. The highest BCUT2D eigenvalue weighted by atomic mass is 16.2. The van der Waals surface area contributed by atoms with Gasteiger partial charge in [-0.25, -0.2) is 14.8 Å². The van der Waals surface area contributed by atoms with Gasteiger partial charge >= 0.3 is 6.03 Å². The molecule has 0 aliphatic heterocycles. The maximum atomic E-state index is 11.8. The summed E-state index contributed by atoms with van der Waals surface area (Å²) in [4.78, 5) is 20.0. The molecule has 0 saturated heterocycles. The molecule has 2 atom stereocenters. The number of hydrogen-bond donors (Lipinski definition) is 4. The van der Waals surface area contributed by atoms with Crippen LogP contribution in [0.2, 0.25) is 0 Å². The third-order valence-electron chi connectivity index (χ3n) is 4.03. The molecule has 2 aromatic heterocycles. The fraction of sp³-hybridized carbons (Fsp3) is 0.500. The Labute approximate surface area is 140 Å². The van der Waals surface area contributed by atoms with Crippen molar-refractivity contribution in [3.05, 3.63) is 30.2 Å². The molecule has 4 N–H and O–H groups in total. The summed E-state index contributed by atoms with van der Waals surface area (Å²) in [6.07, 6.45) is 6.27. The average molecular weight is 329 g/mol. The van der Waals surface area contributed by atoms with Gasteiger partial charge < -0.3 is 16.0 Å². The van der Waals surface area contributed by atoms with Crippen molar-refractivity contribution in [2.75, 3.05) is 5.32 Å². The first-order valence-corrected chi connectivity index (χ1v) is 8.26. The van der Waals surface area contributed by atoms with Crippen LogP contribution in [0, 0.1) is 0 Å². The summed E-state index contributed by atoms with van der Waals surface area (Å²) in [7, 11) is 0. The van der Waals surface area contributed by atoms with Crippen molar-refractivity contribution in [1.82, 2.24) is 30.8 Å². The number of aromatic amines is 1. The van der Waals surface area contributed by atoms with Crippen molar-refractivity contribution in [3.63, 3.8) is 0 Å². The molecule has 1 fully saturated rings. The number of amides is 2. The van der Waals surface area contributed by atoms with Gasteiger partial charge in [-0.05, 0) is 39.2 Å². The highest BCUT2D eigenvalue weighted by Crippen LogP contribution is 2.34. The number of hydrogen-bond acceptors (Lipinski definition) is 5. The molecule has 0 aromatic carbocycles. The molecule has 0 bridgehead atoms. The first-order chi connectivity index (χ1) is 11.6. The largest absolute Gasteiger partial charge is 0.336 e. The molecule has 1 aliphatic rings. The molecule has 0 radical (unpaired) electrons. The van der Waals surface area contributed by atoms with Crippen molar-refractivity contribution < 1.29 is 4.79 Å². The molecule has 8 heteroatoms. The van der Waals surface area contributed by atoms with Crippen LogP contribution in [0.1, 0.15) is 44.7 Å². The molecule has 128 valence electrons. The van der Waals surface area contributed by atoms with Crippen LogP contribution in [0.15, 0.2) is 24.5 Å². The van der Waals surface area contributed by atoms with Gasteiger partial charge in [-0.15, -0.1) is 0 Å². The molecule has 3 rings (SSSR count). The lowest BCUT2D eigenvalue weighted by Crippen LogP contribution is -2.43.